The van der Waals surface area contributed by atoms with Gasteiger partial charge in [-0.2, -0.15) is 0 Å². The first-order valence-corrected chi connectivity index (χ1v) is 5.07. The van der Waals surface area contributed by atoms with Crippen molar-refractivity contribution in [1.82, 2.24) is 0 Å². The minimum Gasteiger partial charge on any atom is -0.496 e. The van der Waals surface area contributed by atoms with Gasteiger partial charge in [0.25, 0.3) is 0 Å². The Morgan fingerprint density at radius 1 is 1.27 bits per heavy atom. The molecule has 0 heterocycles. The Bertz CT molecular complexity index is 369. The Kier molecular flexibility index (Phi) is 3.72. The summed E-state index contributed by atoms with van der Waals surface area (Å²) in [6.45, 7) is 3.96. The Morgan fingerprint density at radius 2 is 1.87 bits per heavy atom. The molecule has 3 heteroatoms. The van der Waals surface area contributed by atoms with Gasteiger partial charge >= 0.3 is 5.97 Å². The minimum absolute atomic E-state index is 0.384. The quantitative estimate of drug-likeness (QED) is 0.827. The summed E-state index contributed by atoms with van der Waals surface area (Å²) in [5, 5.41) is 9.04. The van der Waals surface area contributed by atoms with E-state index in [-0.39, 0.29) is 0 Å². The van der Waals surface area contributed by atoms with E-state index in [0.29, 0.717) is 12.0 Å². The number of hydrogen-bond donors (Lipinski definition) is 1. The standard InChI is InChI=1S/C12H16O3/c1-4-8-9(5-2)11(15-3)7-6-10(8)12(13)14/h6-7H,4-5H2,1-3H3,(H,13,14). The van der Waals surface area contributed by atoms with Crippen LogP contribution in [0, 0.1) is 0 Å². The first-order chi connectivity index (χ1) is 7.15. The predicted molar refractivity (Wildman–Crippen MR) is 58.7 cm³/mol. The minimum atomic E-state index is -0.871. The zero-order chi connectivity index (χ0) is 11.4. The van der Waals surface area contributed by atoms with Gasteiger partial charge in [-0.25, -0.2) is 4.79 Å². The van der Waals surface area contributed by atoms with Crippen molar-refractivity contribution < 1.29 is 14.6 Å². The molecule has 0 saturated heterocycles. The molecule has 0 spiro atoms. The predicted octanol–water partition coefficient (Wildman–Crippen LogP) is 2.52. The monoisotopic (exact) mass is 208 g/mol. The van der Waals surface area contributed by atoms with Crippen LogP contribution >= 0.6 is 0 Å². The summed E-state index contributed by atoms with van der Waals surface area (Å²) in [6, 6.07) is 3.33. The first kappa shape index (κ1) is 11.6. The Hall–Kier alpha value is -1.51. The second kappa shape index (κ2) is 4.82. The van der Waals surface area contributed by atoms with Gasteiger partial charge < -0.3 is 9.84 Å². The van der Waals surface area contributed by atoms with Crippen molar-refractivity contribution in [3.8, 4) is 5.75 Å². The Labute approximate surface area is 89.7 Å². The van der Waals surface area contributed by atoms with Gasteiger partial charge in [-0.3, -0.25) is 0 Å². The molecule has 0 atom stereocenters. The number of methoxy groups -OCH3 is 1. The summed E-state index contributed by atoms with van der Waals surface area (Å²) in [5.74, 6) is -0.0939. The maximum atomic E-state index is 11.0. The molecular weight excluding hydrogens is 192 g/mol. The normalized spacial score (nSPS) is 10.1. The van der Waals surface area contributed by atoms with E-state index >= 15 is 0 Å². The number of hydrogen-bond acceptors (Lipinski definition) is 2. The van der Waals surface area contributed by atoms with Crippen LogP contribution in [0.5, 0.6) is 5.75 Å². The van der Waals surface area contributed by atoms with Gasteiger partial charge in [0.15, 0.2) is 0 Å². The molecule has 0 radical (unpaired) electrons. The second-order valence-electron chi connectivity index (χ2n) is 3.28. The van der Waals surface area contributed by atoms with Gasteiger partial charge in [-0.15, -0.1) is 0 Å². The van der Waals surface area contributed by atoms with E-state index in [2.05, 4.69) is 0 Å². The fourth-order valence-electron chi connectivity index (χ4n) is 1.85. The third-order valence-electron chi connectivity index (χ3n) is 2.55. The van der Waals surface area contributed by atoms with Crippen molar-refractivity contribution in [3.63, 3.8) is 0 Å². The Balaban J connectivity index is 3.40. The number of carbonyl (C=O) groups is 1. The van der Waals surface area contributed by atoms with E-state index in [0.717, 1.165) is 23.3 Å². The third-order valence-corrected chi connectivity index (χ3v) is 2.55. The van der Waals surface area contributed by atoms with E-state index in [1.54, 1.807) is 19.2 Å². The number of carboxylic acids is 1. The lowest BCUT2D eigenvalue weighted by Crippen LogP contribution is -2.06. The lowest BCUT2D eigenvalue weighted by atomic mass is 9.96. The van der Waals surface area contributed by atoms with E-state index < -0.39 is 5.97 Å². The van der Waals surface area contributed by atoms with Gasteiger partial charge in [0, 0.05) is 0 Å². The molecule has 1 aromatic carbocycles. The number of carboxylic acid groups (broad SMARTS) is 1. The molecule has 0 saturated carbocycles. The molecule has 0 fully saturated rings. The highest BCUT2D eigenvalue weighted by molar-refractivity contribution is 5.90. The fraction of sp³-hybridized carbons (Fsp3) is 0.417. The molecule has 82 valence electrons. The number of ether oxygens (including phenoxy) is 1. The number of rotatable bonds is 4. The van der Waals surface area contributed by atoms with Crippen molar-refractivity contribution in [2.45, 2.75) is 26.7 Å². The molecule has 15 heavy (non-hydrogen) atoms. The molecule has 0 aromatic heterocycles. The van der Waals surface area contributed by atoms with E-state index in [9.17, 15) is 4.79 Å². The summed E-state index contributed by atoms with van der Waals surface area (Å²) in [4.78, 5) is 11.0. The van der Waals surface area contributed by atoms with Gasteiger partial charge in [-0.05, 0) is 36.1 Å². The van der Waals surface area contributed by atoms with Crippen LogP contribution in [0.15, 0.2) is 12.1 Å². The van der Waals surface area contributed by atoms with Gasteiger partial charge in [0.2, 0.25) is 0 Å². The molecule has 0 aliphatic heterocycles. The number of aromatic carboxylic acids is 1. The van der Waals surface area contributed by atoms with Crippen LogP contribution in [0.4, 0.5) is 0 Å². The second-order valence-corrected chi connectivity index (χ2v) is 3.28. The van der Waals surface area contributed by atoms with Crippen LogP contribution in [0.25, 0.3) is 0 Å². The molecule has 0 aliphatic rings. The summed E-state index contributed by atoms with van der Waals surface area (Å²) >= 11 is 0. The van der Waals surface area contributed by atoms with Crippen LogP contribution in [0.2, 0.25) is 0 Å². The molecular formula is C12H16O3. The van der Waals surface area contributed by atoms with Crippen molar-refractivity contribution in [1.29, 1.82) is 0 Å². The average Bonchev–Trinajstić information content (AvgIpc) is 2.26. The first-order valence-electron chi connectivity index (χ1n) is 5.07. The maximum Gasteiger partial charge on any atom is 0.335 e. The van der Waals surface area contributed by atoms with E-state index in [1.165, 1.54) is 0 Å². The number of benzene rings is 1. The van der Waals surface area contributed by atoms with Crippen molar-refractivity contribution in [3.05, 3.63) is 28.8 Å². The average molecular weight is 208 g/mol. The molecule has 1 rings (SSSR count). The van der Waals surface area contributed by atoms with Crippen LogP contribution in [0.1, 0.15) is 35.3 Å². The van der Waals surface area contributed by atoms with Gasteiger partial charge in [0.05, 0.1) is 12.7 Å². The van der Waals surface area contributed by atoms with Crippen molar-refractivity contribution in [2.24, 2.45) is 0 Å². The lowest BCUT2D eigenvalue weighted by Gasteiger charge is -2.13. The smallest absolute Gasteiger partial charge is 0.335 e. The van der Waals surface area contributed by atoms with Crippen LogP contribution in [0.3, 0.4) is 0 Å². The maximum absolute atomic E-state index is 11.0. The van der Waals surface area contributed by atoms with Gasteiger partial charge in [-0.1, -0.05) is 13.8 Å². The fourth-order valence-corrected chi connectivity index (χ4v) is 1.85. The highest BCUT2D eigenvalue weighted by Crippen LogP contribution is 2.26. The SMILES string of the molecule is CCc1c(OC)ccc(C(=O)O)c1CC. The highest BCUT2D eigenvalue weighted by Gasteiger charge is 2.15. The highest BCUT2D eigenvalue weighted by atomic mass is 16.5. The van der Waals surface area contributed by atoms with Crippen LogP contribution in [-0.2, 0) is 12.8 Å². The topological polar surface area (TPSA) is 46.5 Å². The molecule has 0 amide bonds. The largest absolute Gasteiger partial charge is 0.496 e. The van der Waals surface area contributed by atoms with Crippen molar-refractivity contribution >= 4 is 5.97 Å². The summed E-state index contributed by atoms with van der Waals surface area (Å²) < 4.78 is 5.22. The van der Waals surface area contributed by atoms with Gasteiger partial charge in [0.1, 0.15) is 5.75 Å². The lowest BCUT2D eigenvalue weighted by molar-refractivity contribution is 0.0695. The summed E-state index contributed by atoms with van der Waals surface area (Å²) in [5.41, 5.74) is 2.26. The molecule has 0 aliphatic carbocycles. The summed E-state index contributed by atoms with van der Waals surface area (Å²) in [6.07, 6.45) is 1.50. The van der Waals surface area contributed by atoms with Crippen LogP contribution in [-0.4, -0.2) is 18.2 Å². The third kappa shape index (κ3) is 2.12. The zero-order valence-electron chi connectivity index (χ0n) is 9.33. The summed E-state index contributed by atoms with van der Waals surface area (Å²) in [7, 11) is 1.61. The molecule has 3 nitrogen and oxygen atoms in total. The van der Waals surface area contributed by atoms with Crippen LogP contribution < -0.4 is 4.74 Å². The Morgan fingerprint density at radius 3 is 2.27 bits per heavy atom. The molecule has 0 unspecified atom stereocenters. The zero-order valence-corrected chi connectivity index (χ0v) is 9.33. The van der Waals surface area contributed by atoms with E-state index in [4.69, 9.17) is 9.84 Å². The molecule has 1 aromatic rings. The van der Waals surface area contributed by atoms with E-state index in [1.807, 2.05) is 13.8 Å². The van der Waals surface area contributed by atoms with Crippen molar-refractivity contribution in [2.75, 3.05) is 7.11 Å². The molecule has 0 bridgehead atoms. The molecule has 1 N–H and O–H groups in total.